The van der Waals surface area contributed by atoms with Crippen LogP contribution in [0.5, 0.6) is 0 Å². The molecule has 2 atom stereocenters. The molecular weight excluding hydrogens is 336 g/mol. The summed E-state index contributed by atoms with van der Waals surface area (Å²) in [5.41, 5.74) is 0.187. The van der Waals surface area contributed by atoms with Crippen LogP contribution in [-0.4, -0.2) is 36.7 Å². The first-order valence-electron chi connectivity index (χ1n) is 8.73. The number of ether oxygens (including phenoxy) is 2. The Balaban J connectivity index is 1.92. The molecule has 7 nitrogen and oxygen atoms in total. The molecule has 1 heterocycles. The van der Waals surface area contributed by atoms with E-state index in [2.05, 4.69) is 10.6 Å². The Labute approximate surface area is 153 Å². The number of amides is 1. The Kier molecular flexibility index (Phi) is 6.74. The molecule has 0 aromatic heterocycles. The molecule has 1 amide bonds. The van der Waals surface area contributed by atoms with Gasteiger partial charge in [0, 0.05) is 0 Å². The van der Waals surface area contributed by atoms with Crippen LogP contribution >= 0.6 is 0 Å². The van der Waals surface area contributed by atoms with Crippen molar-refractivity contribution in [1.29, 1.82) is 0 Å². The van der Waals surface area contributed by atoms with Crippen molar-refractivity contribution in [2.24, 2.45) is 5.41 Å². The van der Waals surface area contributed by atoms with Crippen LogP contribution in [0.3, 0.4) is 0 Å². The van der Waals surface area contributed by atoms with E-state index < -0.39 is 35.5 Å². The standard InChI is InChI=1S/C19H26N2O5/c1-19(2,3)15(17(23)26-16(22)14-10-7-11-20-14)21-18(24)25-12-13-8-5-4-6-9-13/h4-6,8-9,14-15,20H,7,10-12H2,1-3H3,(H,21,24)/t14-,15?/m0/s1. The summed E-state index contributed by atoms with van der Waals surface area (Å²) in [6.45, 7) is 6.13. The van der Waals surface area contributed by atoms with E-state index in [0.717, 1.165) is 18.5 Å². The highest BCUT2D eigenvalue weighted by atomic mass is 16.6. The average Bonchev–Trinajstić information content (AvgIpc) is 3.12. The van der Waals surface area contributed by atoms with E-state index >= 15 is 0 Å². The second kappa shape index (κ2) is 8.80. The largest absolute Gasteiger partial charge is 0.445 e. The fourth-order valence-corrected chi connectivity index (χ4v) is 2.63. The number of esters is 2. The molecule has 0 spiro atoms. The second-order valence-corrected chi connectivity index (χ2v) is 7.39. The molecule has 0 radical (unpaired) electrons. The van der Waals surface area contributed by atoms with Gasteiger partial charge in [-0.25, -0.2) is 14.4 Å². The van der Waals surface area contributed by atoms with Gasteiger partial charge in [0.25, 0.3) is 0 Å². The van der Waals surface area contributed by atoms with E-state index in [4.69, 9.17) is 9.47 Å². The van der Waals surface area contributed by atoms with Gasteiger partial charge >= 0.3 is 18.0 Å². The van der Waals surface area contributed by atoms with Gasteiger partial charge in [-0.05, 0) is 30.4 Å². The highest BCUT2D eigenvalue weighted by molar-refractivity contribution is 5.92. The maximum absolute atomic E-state index is 12.4. The maximum atomic E-state index is 12.4. The van der Waals surface area contributed by atoms with Gasteiger partial charge in [-0.2, -0.15) is 0 Å². The smallest absolute Gasteiger partial charge is 0.408 e. The molecule has 1 aliphatic rings. The molecule has 1 aliphatic heterocycles. The van der Waals surface area contributed by atoms with Crippen LogP contribution < -0.4 is 10.6 Å². The highest BCUT2D eigenvalue weighted by Gasteiger charge is 2.37. The summed E-state index contributed by atoms with van der Waals surface area (Å²) in [6.07, 6.45) is 0.761. The molecule has 26 heavy (non-hydrogen) atoms. The van der Waals surface area contributed by atoms with Crippen molar-refractivity contribution < 1.29 is 23.9 Å². The molecule has 0 saturated carbocycles. The van der Waals surface area contributed by atoms with Gasteiger partial charge in [0.15, 0.2) is 0 Å². The van der Waals surface area contributed by atoms with Crippen LogP contribution in [0, 0.1) is 5.41 Å². The lowest BCUT2D eigenvalue weighted by molar-refractivity contribution is -0.164. The van der Waals surface area contributed by atoms with Gasteiger partial charge in [0.1, 0.15) is 18.7 Å². The van der Waals surface area contributed by atoms with Gasteiger partial charge in [-0.15, -0.1) is 0 Å². The second-order valence-electron chi connectivity index (χ2n) is 7.39. The normalized spacial score (nSPS) is 18.0. The monoisotopic (exact) mass is 362 g/mol. The minimum absolute atomic E-state index is 0.0868. The third kappa shape index (κ3) is 5.84. The van der Waals surface area contributed by atoms with Crippen LogP contribution in [-0.2, 0) is 25.7 Å². The Morgan fingerprint density at radius 1 is 1.23 bits per heavy atom. The molecule has 142 valence electrons. The first kappa shape index (κ1) is 19.9. The number of alkyl carbamates (subject to hydrolysis) is 1. The Morgan fingerprint density at radius 2 is 1.92 bits per heavy atom. The number of rotatable bonds is 5. The van der Waals surface area contributed by atoms with Crippen molar-refractivity contribution >= 4 is 18.0 Å². The van der Waals surface area contributed by atoms with Gasteiger partial charge in [-0.3, -0.25) is 0 Å². The quantitative estimate of drug-likeness (QED) is 0.616. The van der Waals surface area contributed by atoms with Gasteiger partial charge in [0.2, 0.25) is 0 Å². The Hall–Kier alpha value is -2.41. The summed E-state index contributed by atoms with van der Waals surface area (Å²) in [6, 6.07) is 7.74. The van der Waals surface area contributed by atoms with Gasteiger partial charge in [-0.1, -0.05) is 51.1 Å². The average molecular weight is 362 g/mol. The van der Waals surface area contributed by atoms with Crippen LogP contribution in [0.15, 0.2) is 30.3 Å². The lowest BCUT2D eigenvalue weighted by atomic mass is 9.87. The van der Waals surface area contributed by atoms with Crippen LogP contribution in [0.2, 0.25) is 0 Å². The number of carbonyl (C=O) groups is 3. The number of hydrogen-bond acceptors (Lipinski definition) is 6. The summed E-state index contributed by atoms with van der Waals surface area (Å²) < 4.78 is 10.1. The zero-order chi connectivity index (χ0) is 19.2. The Morgan fingerprint density at radius 3 is 2.50 bits per heavy atom. The van der Waals surface area contributed by atoms with Gasteiger partial charge < -0.3 is 20.1 Å². The molecule has 1 aromatic rings. The van der Waals surface area contributed by atoms with Crippen molar-refractivity contribution in [1.82, 2.24) is 10.6 Å². The predicted octanol–water partition coefficient (Wildman–Crippen LogP) is 2.15. The van der Waals surface area contributed by atoms with E-state index in [9.17, 15) is 14.4 Å². The number of benzene rings is 1. The van der Waals surface area contributed by atoms with E-state index in [0.29, 0.717) is 6.42 Å². The molecular formula is C19H26N2O5. The fraction of sp³-hybridized carbons (Fsp3) is 0.526. The lowest BCUT2D eigenvalue weighted by Gasteiger charge is -2.29. The van der Waals surface area contributed by atoms with E-state index in [-0.39, 0.29) is 6.61 Å². The van der Waals surface area contributed by atoms with Crippen LogP contribution in [0.1, 0.15) is 39.2 Å². The predicted molar refractivity (Wildman–Crippen MR) is 95.1 cm³/mol. The number of hydrogen-bond donors (Lipinski definition) is 2. The molecule has 7 heteroatoms. The van der Waals surface area contributed by atoms with Crippen molar-refractivity contribution in [2.45, 2.75) is 52.3 Å². The van der Waals surface area contributed by atoms with Crippen molar-refractivity contribution in [3.05, 3.63) is 35.9 Å². The molecule has 1 fully saturated rings. The first-order chi connectivity index (χ1) is 12.3. The molecule has 1 saturated heterocycles. The topological polar surface area (TPSA) is 93.7 Å². The van der Waals surface area contributed by atoms with E-state index in [1.807, 2.05) is 30.3 Å². The van der Waals surface area contributed by atoms with Crippen LogP contribution in [0.25, 0.3) is 0 Å². The minimum atomic E-state index is -1.00. The third-order valence-electron chi connectivity index (χ3n) is 4.12. The SMILES string of the molecule is CC(C)(C)C(NC(=O)OCc1ccccc1)C(=O)OC(=O)[C@@H]1CCCN1. The lowest BCUT2D eigenvalue weighted by Crippen LogP contribution is -2.51. The van der Waals surface area contributed by atoms with E-state index in [1.165, 1.54) is 0 Å². The summed E-state index contributed by atoms with van der Waals surface area (Å²) in [7, 11) is 0. The Bertz CT molecular complexity index is 633. The van der Waals surface area contributed by atoms with Crippen molar-refractivity contribution in [3.8, 4) is 0 Å². The number of carbonyl (C=O) groups excluding carboxylic acids is 3. The first-order valence-corrected chi connectivity index (χ1v) is 8.73. The summed E-state index contributed by atoms with van der Waals surface area (Å²) in [5.74, 6) is -1.39. The molecule has 1 aromatic carbocycles. The van der Waals surface area contributed by atoms with Crippen molar-refractivity contribution in [3.63, 3.8) is 0 Å². The summed E-state index contributed by atoms with van der Waals surface area (Å²) in [5, 5.41) is 5.49. The zero-order valence-electron chi connectivity index (χ0n) is 15.4. The fourth-order valence-electron chi connectivity index (χ4n) is 2.63. The maximum Gasteiger partial charge on any atom is 0.408 e. The van der Waals surface area contributed by atoms with Crippen molar-refractivity contribution in [2.75, 3.05) is 6.54 Å². The highest BCUT2D eigenvalue weighted by Crippen LogP contribution is 2.21. The molecule has 0 aliphatic carbocycles. The molecule has 2 N–H and O–H groups in total. The molecule has 2 rings (SSSR count). The summed E-state index contributed by atoms with van der Waals surface area (Å²) >= 11 is 0. The van der Waals surface area contributed by atoms with E-state index in [1.54, 1.807) is 20.8 Å². The minimum Gasteiger partial charge on any atom is -0.445 e. The third-order valence-corrected chi connectivity index (χ3v) is 4.12. The zero-order valence-corrected chi connectivity index (χ0v) is 15.4. The number of nitrogens with one attached hydrogen (secondary N) is 2. The molecule has 1 unspecified atom stereocenters. The summed E-state index contributed by atoms with van der Waals surface area (Å²) in [4.78, 5) is 36.5. The molecule has 0 bridgehead atoms. The van der Waals surface area contributed by atoms with Gasteiger partial charge in [0.05, 0.1) is 0 Å². The van der Waals surface area contributed by atoms with Crippen LogP contribution in [0.4, 0.5) is 4.79 Å².